The molecule has 36 heavy (non-hydrogen) atoms. The first kappa shape index (κ1) is 26.6. The van der Waals surface area contributed by atoms with Gasteiger partial charge in [0, 0.05) is 16.7 Å². The van der Waals surface area contributed by atoms with Crippen molar-refractivity contribution in [2.45, 2.75) is 23.4 Å². The lowest BCUT2D eigenvalue weighted by atomic mass is 9.68. The van der Waals surface area contributed by atoms with Crippen molar-refractivity contribution in [2.24, 2.45) is 0 Å². The molecule has 3 rings (SSSR count). The summed E-state index contributed by atoms with van der Waals surface area (Å²) in [5.74, 6) is -5.93. The van der Waals surface area contributed by atoms with Crippen molar-refractivity contribution in [3.63, 3.8) is 0 Å². The van der Waals surface area contributed by atoms with E-state index in [9.17, 15) is 39.6 Å². The Balaban J connectivity index is 2.25. The van der Waals surface area contributed by atoms with Crippen LogP contribution >= 0.6 is 0 Å². The van der Waals surface area contributed by atoms with E-state index in [1.165, 1.54) is 84.9 Å². The van der Waals surface area contributed by atoms with E-state index in [0.717, 1.165) is 7.11 Å². The minimum atomic E-state index is -3.77. The van der Waals surface area contributed by atoms with E-state index in [-0.39, 0.29) is 16.7 Å². The summed E-state index contributed by atoms with van der Waals surface area (Å²) in [5, 5.41) is 45.2. The molecule has 3 aromatic carbocycles. The predicted octanol–water partition coefficient (Wildman–Crippen LogP) is 0.992. The van der Waals surface area contributed by atoms with Crippen LogP contribution in [-0.2, 0) is 9.53 Å². The van der Waals surface area contributed by atoms with E-state index < -0.39 is 46.7 Å². The molecule has 0 aliphatic rings. The third-order valence-corrected chi connectivity index (χ3v) is 5.83. The van der Waals surface area contributed by atoms with Crippen LogP contribution in [0.2, 0.25) is 0 Å². The lowest BCUT2D eigenvalue weighted by Crippen LogP contribution is -2.75. The lowest BCUT2D eigenvalue weighted by Gasteiger charge is -2.42. The van der Waals surface area contributed by atoms with Gasteiger partial charge in [0.1, 0.15) is 12.2 Å². The Hall–Kier alpha value is -4.02. The number of carbonyl (C=O) groups excluding carboxylic acids is 4. The quantitative estimate of drug-likeness (QED) is 0.184. The largest absolute Gasteiger partial charge is 0.466 e. The third kappa shape index (κ3) is 4.48. The first-order valence-corrected chi connectivity index (χ1v) is 10.8. The molecule has 9 nitrogen and oxygen atoms in total. The number of ketones is 3. The lowest BCUT2D eigenvalue weighted by molar-refractivity contribution is -0.197. The fraction of sp³-hybridized carbons (Fsp3) is 0.185. The number of carbonyl (C=O) groups is 4. The van der Waals surface area contributed by atoms with Crippen molar-refractivity contribution < 1.29 is 44.3 Å². The van der Waals surface area contributed by atoms with E-state index in [4.69, 9.17) is 0 Å². The molecule has 3 aromatic rings. The summed E-state index contributed by atoms with van der Waals surface area (Å²) < 4.78 is 4.57. The van der Waals surface area contributed by atoms with Crippen LogP contribution in [0.15, 0.2) is 91.0 Å². The number of methoxy groups -OCH3 is 1. The van der Waals surface area contributed by atoms with Gasteiger partial charge in [-0.1, -0.05) is 91.0 Å². The molecule has 4 atom stereocenters. The predicted molar refractivity (Wildman–Crippen MR) is 126 cm³/mol. The normalized spacial score (nSPS) is 16.0. The maximum absolute atomic E-state index is 13.6. The van der Waals surface area contributed by atoms with E-state index in [1.807, 2.05) is 0 Å². The molecule has 0 fully saturated rings. The number of hydrogen-bond donors (Lipinski definition) is 4. The molecule has 0 radical (unpaired) electrons. The smallest absolute Gasteiger partial charge is 0.349 e. The van der Waals surface area contributed by atoms with Crippen LogP contribution in [0.4, 0.5) is 0 Å². The summed E-state index contributed by atoms with van der Waals surface area (Å²) in [6, 6.07) is 20.5. The molecule has 0 saturated heterocycles. The second kappa shape index (κ2) is 10.7. The minimum Gasteiger partial charge on any atom is -0.466 e. The van der Waals surface area contributed by atoms with Crippen molar-refractivity contribution in [1.29, 1.82) is 0 Å². The Morgan fingerprint density at radius 3 is 1.47 bits per heavy atom. The van der Waals surface area contributed by atoms with Gasteiger partial charge >= 0.3 is 5.97 Å². The standard InChI is InChI=1S/C27H24O9/c1-36-25(33)27(35,23(31)19-15-9-4-10-16-19)26(34,22(30)18-13-7-3-8-14-18)24(32)21(29)20(28)17-11-5-2-6-12-17/h2-16,21,24,29,32,34-35H,1H3/t21?,24-,26-,27+/m1/s1. The monoisotopic (exact) mass is 492 g/mol. The molecule has 0 aliphatic heterocycles. The molecule has 1 unspecified atom stereocenters. The highest BCUT2D eigenvalue weighted by Gasteiger charge is 2.70. The van der Waals surface area contributed by atoms with Crippen LogP contribution in [0.3, 0.4) is 0 Å². The first-order chi connectivity index (χ1) is 17.1. The van der Waals surface area contributed by atoms with Crippen molar-refractivity contribution in [3.05, 3.63) is 108 Å². The van der Waals surface area contributed by atoms with E-state index in [1.54, 1.807) is 6.07 Å². The third-order valence-electron chi connectivity index (χ3n) is 5.83. The fourth-order valence-electron chi connectivity index (χ4n) is 3.83. The molecule has 0 bridgehead atoms. The second-order valence-corrected chi connectivity index (χ2v) is 7.98. The SMILES string of the molecule is COC(=O)[C@@](O)(C(=O)c1ccccc1)[C@@](O)(C(=O)c1ccccc1)[C@H](O)C(O)C(=O)c1ccccc1. The van der Waals surface area contributed by atoms with Crippen molar-refractivity contribution in [2.75, 3.05) is 7.11 Å². The van der Waals surface area contributed by atoms with Gasteiger partial charge in [-0.25, -0.2) is 4.79 Å². The molecule has 0 heterocycles. The molecule has 0 aliphatic carbocycles. The van der Waals surface area contributed by atoms with Gasteiger partial charge in [-0.3, -0.25) is 14.4 Å². The van der Waals surface area contributed by atoms with Gasteiger partial charge in [0.25, 0.3) is 5.60 Å². The molecule has 0 saturated carbocycles. The Bertz CT molecular complexity index is 1240. The summed E-state index contributed by atoms with van der Waals surface area (Å²) in [6.07, 6.45) is -5.39. The average Bonchev–Trinajstić information content (AvgIpc) is 2.95. The van der Waals surface area contributed by atoms with Gasteiger partial charge in [0.15, 0.2) is 5.78 Å². The Kier molecular flexibility index (Phi) is 7.91. The second-order valence-electron chi connectivity index (χ2n) is 7.98. The van der Waals surface area contributed by atoms with Gasteiger partial charge < -0.3 is 25.2 Å². The van der Waals surface area contributed by atoms with Crippen molar-refractivity contribution >= 4 is 23.3 Å². The van der Waals surface area contributed by atoms with Crippen molar-refractivity contribution in [3.8, 4) is 0 Å². The summed E-state index contributed by atoms with van der Waals surface area (Å²) in [4.78, 5) is 52.9. The molecule has 0 amide bonds. The molecule has 4 N–H and O–H groups in total. The van der Waals surface area contributed by atoms with Gasteiger partial charge in [0.2, 0.25) is 17.2 Å². The van der Waals surface area contributed by atoms with Crippen molar-refractivity contribution in [1.82, 2.24) is 0 Å². The highest BCUT2D eigenvalue weighted by Crippen LogP contribution is 2.36. The van der Waals surface area contributed by atoms with Gasteiger partial charge in [0.05, 0.1) is 7.11 Å². The Morgan fingerprint density at radius 2 is 1.06 bits per heavy atom. The summed E-state index contributed by atoms with van der Waals surface area (Å²) in [5.41, 5.74) is -8.29. The molecule has 0 aromatic heterocycles. The average molecular weight is 492 g/mol. The maximum atomic E-state index is 13.6. The summed E-state index contributed by atoms with van der Waals surface area (Å²) in [7, 11) is 0.789. The van der Waals surface area contributed by atoms with Gasteiger partial charge in [-0.2, -0.15) is 0 Å². The van der Waals surface area contributed by atoms with E-state index >= 15 is 0 Å². The van der Waals surface area contributed by atoms with E-state index in [0.29, 0.717) is 0 Å². The number of aliphatic hydroxyl groups excluding tert-OH is 2. The zero-order chi connectivity index (χ0) is 26.5. The van der Waals surface area contributed by atoms with Crippen LogP contribution in [0.1, 0.15) is 31.1 Å². The van der Waals surface area contributed by atoms with Gasteiger partial charge in [-0.15, -0.1) is 0 Å². The molecule has 0 spiro atoms. The van der Waals surface area contributed by atoms with Crippen LogP contribution in [0.25, 0.3) is 0 Å². The number of hydrogen-bond acceptors (Lipinski definition) is 9. The van der Waals surface area contributed by atoms with Gasteiger partial charge in [-0.05, 0) is 0 Å². The number of aliphatic hydroxyl groups is 4. The highest BCUT2D eigenvalue weighted by atomic mass is 16.5. The number of ether oxygens (including phenoxy) is 1. The molecule has 186 valence electrons. The Morgan fingerprint density at radius 1 is 0.667 bits per heavy atom. The Labute approximate surface area is 206 Å². The maximum Gasteiger partial charge on any atom is 0.349 e. The van der Waals surface area contributed by atoms with Crippen LogP contribution in [-0.4, -0.2) is 74.3 Å². The van der Waals surface area contributed by atoms with Crippen LogP contribution in [0, 0.1) is 0 Å². The van der Waals surface area contributed by atoms with Crippen LogP contribution < -0.4 is 0 Å². The molecule has 9 heteroatoms. The van der Waals surface area contributed by atoms with E-state index in [2.05, 4.69) is 4.74 Å². The van der Waals surface area contributed by atoms with Crippen LogP contribution in [0.5, 0.6) is 0 Å². The zero-order valence-electron chi connectivity index (χ0n) is 19.1. The topological polar surface area (TPSA) is 158 Å². The fourth-order valence-corrected chi connectivity index (χ4v) is 3.83. The molecular formula is C27H24O9. The number of esters is 1. The zero-order valence-corrected chi connectivity index (χ0v) is 19.1. The molecular weight excluding hydrogens is 468 g/mol. The summed E-state index contributed by atoms with van der Waals surface area (Å²) in [6.45, 7) is 0. The first-order valence-electron chi connectivity index (χ1n) is 10.8. The number of Topliss-reactive ketones (excluding diaryl/α,β-unsaturated/α-hetero) is 3. The number of rotatable bonds is 10. The highest BCUT2D eigenvalue weighted by molar-refractivity contribution is 6.22. The summed E-state index contributed by atoms with van der Waals surface area (Å²) >= 11 is 0. The minimum absolute atomic E-state index is 0.102. The number of benzene rings is 3.